The molecule has 3 rings (SSSR count). The topological polar surface area (TPSA) is 46.3 Å². The molecule has 2 heterocycles. The number of carbonyl (C=O) groups is 1. The molecule has 0 spiro atoms. The molecular weight excluding hydrogens is 224 g/mol. The Bertz CT molecular complexity index is 417. The number of amides is 1. The first-order chi connectivity index (χ1) is 8.74. The van der Waals surface area contributed by atoms with Crippen LogP contribution >= 0.6 is 0 Å². The Balaban J connectivity index is 1.70. The normalized spacial score (nSPS) is 30.5. The average Bonchev–Trinajstić information content (AvgIpc) is 2.63. The fourth-order valence-corrected chi connectivity index (χ4v) is 3.49. The van der Waals surface area contributed by atoms with Crippen molar-refractivity contribution in [2.45, 2.75) is 50.2 Å². The number of nitrogens with zero attached hydrogens (tertiary/aromatic N) is 1. The number of rotatable bonds is 2. The van der Waals surface area contributed by atoms with E-state index in [0.717, 1.165) is 31.2 Å². The van der Waals surface area contributed by atoms with Crippen LogP contribution in [0.25, 0.3) is 0 Å². The average molecular weight is 244 g/mol. The summed E-state index contributed by atoms with van der Waals surface area (Å²) >= 11 is 0. The largest absolute Gasteiger partial charge is 0.336 e. The molecule has 2 aliphatic rings. The zero-order valence-electron chi connectivity index (χ0n) is 10.6. The molecule has 1 aromatic carbocycles. The molecule has 96 valence electrons. The molecular formula is C15H20N2O. The third-order valence-electron chi connectivity index (χ3n) is 4.26. The van der Waals surface area contributed by atoms with E-state index in [4.69, 9.17) is 5.73 Å². The third kappa shape index (κ3) is 2.15. The van der Waals surface area contributed by atoms with Crippen molar-refractivity contribution in [1.29, 1.82) is 0 Å². The Hall–Kier alpha value is -1.35. The summed E-state index contributed by atoms with van der Waals surface area (Å²) in [4.78, 5) is 14.5. The number of hydrogen-bond donors (Lipinski definition) is 1. The second-order valence-electron chi connectivity index (χ2n) is 5.58. The molecule has 2 N–H and O–H groups in total. The van der Waals surface area contributed by atoms with Gasteiger partial charge in [-0.25, -0.2) is 0 Å². The van der Waals surface area contributed by atoms with Gasteiger partial charge in [0.05, 0.1) is 6.42 Å². The van der Waals surface area contributed by atoms with Crippen LogP contribution in [0.3, 0.4) is 0 Å². The van der Waals surface area contributed by atoms with Gasteiger partial charge in [0.1, 0.15) is 0 Å². The molecule has 0 aromatic heterocycles. The summed E-state index contributed by atoms with van der Waals surface area (Å²) in [5.74, 6) is 0.278. The monoisotopic (exact) mass is 244 g/mol. The van der Waals surface area contributed by atoms with Crippen molar-refractivity contribution in [3.8, 4) is 0 Å². The van der Waals surface area contributed by atoms with Gasteiger partial charge in [-0.2, -0.15) is 0 Å². The minimum Gasteiger partial charge on any atom is -0.336 e. The highest BCUT2D eigenvalue weighted by atomic mass is 16.2. The molecule has 2 fully saturated rings. The summed E-state index contributed by atoms with van der Waals surface area (Å²) in [6, 6.07) is 11.1. The molecule has 2 atom stereocenters. The lowest BCUT2D eigenvalue weighted by Crippen LogP contribution is -2.50. The Morgan fingerprint density at radius 2 is 1.78 bits per heavy atom. The van der Waals surface area contributed by atoms with E-state index in [1.54, 1.807) is 0 Å². The van der Waals surface area contributed by atoms with E-state index in [1.165, 1.54) is 0 Å². The first-order valence-corrected chi connectivity index (χ1v) is 6.84. The van der Waals surface area contributed by atoms with E-state index in [2.05, 4.69) is 4.90 Å². The molecule has 1 amide bonds. The standard InChI is InChI=1S/C15H20N2O/c16-12-9-13-6-7-14(10-12)17(13)15(18)8-11-4-2-1-3-5-11/h1-5,12-14H,6-10,16H2. The van der Waals surface area contributed by atoms with Gasteiger partial charge in [0, 0.05) is 18.1 Å². The number of fused-ring (bicyclic) bond motifs is 2. The van der Waals surface area contributed by atoms with Crippen molar-refractivity contribution in [3.05, 3.63) is 35.9 Å². The number of carbonyl (C=O) groups excluding carboxylic acids is 1. The highest BCUT2D eigenvalue weighted by Crippen LogP contribution is 2.35. The fourth-order valence-electron chi connectivity index (χ4n) is 3.49. The van der Waals surface area contributed by atoms with E-state index in [9.17, 15) is 4.79 Å². The minimum atomic E-state index is 0.278. The summed E-state index contributed by atoms with van der Waals surface area (Å²) in [6.45, 7) is 0. The molecule has 2 saturated heterocycles. The zero-order valence-corrected chi connectivity index (χ0v) is 10.6. The molecule has 1 aromatic rings. The van der Waals surface area contributed by atoms with Crippen LogP contribution in [0.1, 0.15) is 31.2 Å². The maximum absolute atomic E-state index is 12.4. The summed E-state index contributed by atoms with van der Waals surface area (Å²) in [5, 5.41) is 0. The lowest BCUT2D eigenvalue weighted by atomic mass is 9.97. The third-order valence-corrected chi connectivity index (χ3v) is 4.26. The molecule has 3 nitrogen and oxygen atoms in total. The smallest absolute Gasteiger partial charge is 0.227 e. The predicted molar refractivity (Wildman–Crippen MR) is 71.0 cm³/mol. The van der Waals surface area contributed by atoms with Crippen molar-refractivity contribution in [2.24, 2.45) is 5.73 Å². The maximum Gasteiger partial charge on any atom is 0.227 e. The number of hydrogen-bond acceptors (Lipinski definition) is 2. The van der Waals surface area contributed by atoms with Crippen molar-refractivity contribution >= 4 is 5.91 Å². The van der Waals surface area contributed by atoms with Gasteiger partial charge in [-0.15, -0.1) is 0 Å². The summed E-state index contributed by atoms with van der Waals surface area (Å²) in [7, 11) is 0. The zero-order chi connectivity index (χ0) is 12.5. The molecule has 2 aliphatic heterocycles. The van der Waals surface area contributed by atoms with Gasteiger partial charge in [-0.3, -0.25) is 4.79 Å². The van der Waals surface area contributed by atoms with Gasteiger partial charge >= 0.3 is 0 Å². The Morgan fingerprint density at radius 1 is 1.17 bits per heavy atom. The quantitative estimate of drug-likeness (QED) is 0.861. The Labute approximate surface area is 108 Å². The molecule has 2 bridgehead atoms. The van der Waals surface area contributed by atoms with Crippen LogP contribution in [-0.4, -0.2) is 28.9 Å². The van der Waals surface area contributed by atoms with Crippen LogP contribution in [0, 0.1) is 0 Å². The first-order valence-electron chi connectivity index (χ1n) is 6.84. The number of piperidine rings is 1. The summed E-state index contributed by atoms with van der Waals surface area (Å²) in [5.41, 5.74) is 7.14. The second kappa shape index (κ2) is 4.73. The molecule has 0 radical (unpaired) electrons. The van der Waals surface area contributed by atoms with Crippen LogP contribution in [0.4, 0.5) is 0 Å². The maximum atomic E-state index is 12.4. The van der Waals surface area contributed by atoms with Crippen molar-refractivity contribution in [1.82, 2.24) is 4.90 Å². The molecule has 3 heteroatoms. The van der Waals surface area contributed by atoms with Crippen LogP contribution in [0.2, 0.25) is 0 Å². The molecule has 0 saturated carbocycles. The first kappa shape index (κ1) is 11.7. The van der Waals surface area contributed by atoms with Crippen molar-refractivity contribution in [3.63, 3.8) is 0 Å². The van der Waals surface area contributed by atoms with E-state index < -0.39 is 0 Å². The van der Waals surface area contributed by atoms with Gasteiger partial charge < -0.3 is 10.6 Å². The van der Waals surface area contributed by atoms with Crippen molar-refractivity contribution < 1.29 is 4.79 Å². The highest BCUT2D eigenvalue weighted by molar-refractivity contribution is 5.80. The number of nitrogens with two attached hydrogens (primary N) is 1. The highest BCUT2D eigenvalue weighted by Gasteiger charge is 2.41. The van der Waals surface area contributed by atoms with Gasteiger partial charge in [-0.1, -0.05) is 30.3 Å². The lowest BCUT2D eigenvalue weighted by molar-refractivity contribution is -0.135. The molecule has 2 unspecified atom stereocenters. The van der Waals surface area contributed by atoms with Crippen LogP contribution in [0.15, 0.2) is 30.3 Å². The van der Waals surface area contributed by atoms with E-state index >= 15 is 0 Å². The molecule has 0 aliphatic carbocycles. The van der Waals surface area contributed by atoms with Gasteiger partial charge in [0.2, 0.25) is 5.91 Å². The van der Waals surface area contributed by atoms with Gasteiger partial charge in [-0.05, 0) is 31.2 Å². The second-order valence-corrected chi connectivity index (χ2v) is 5.58. The summed E-state index contributed by atoms with van der Waals surface area (Å²) < 4.78 is 0. The fraction of sp³-hybridized carbons (Fsp3) is 0.533. The SMILES string of the molecule is NC1CC2CCC(C1)N2C(=O)Cc1ccccc1. The van der Waals surface area contributed by atoms with E-state index in [-0.39, 0.29) is 5.91 Å². The van der Waals surface area contributed by atoms with Gasteiger partial charge in [0.15, 0.2) is 0 Å². The van der Waals surface area contributed by atoms with E-state index in [0.29, 0.717) is 24.5 Å². The minimum absolute atomic E-state index is 0.278. The van der Waals surface area contributed by atoms with Crippen LogP contribution in [-0.2, 0) is 11.2 Å². The predicted octanol–water partition coefficient (Wildman–Crippen LogP) is 1.71. The van der Waals surface area contributed by atoms with Crippen LogP contribution in [0.5, 0.6) is 0 Å². The number of benzene rings is 1. The summed E-state index contributed by atoms with van der Waals surface area (Å²) in [6.07, 6.45) is 4.77. The van der Waals surface area contributed by atoms with Gasteiger partial charge in [0.25, 0.3) is 0 Å². The molecule has 18 heavy (non-hydrogen) atoms. The van der Waals surface area contributed by atoms with E-state index in [1.807, 2.05) is 30.3 Å². The van der Waals surface area contributed by atoms with Crippen molar-refractivity contribution in [2.75, 3.05) is 0 Å². The Morgan fingerprint density at radius 3 is 2.39 bits per heavy atom. The Kier molecular flexibility index (Phi) is 3.08. The van der Waals surface area contributed by atoms with Crippen LogP contribution < -0.4 is 5.73 Å². The lowest BCUT2D eigenvalue weighted by Gasteiger charge is -2.37.